The van der Waals surface area contributed by atoms with E-state index in [9.17, 15) is 0 Å². The van der Waals surface area contributed by atoms with Crippen molar-refractivity contribution in [3.8, 4) is 0 Å². The number of nitrogen functional groups attached to an aromatic ring is 1. The zero-order valence-corrected chi connectivity index (χ0v) is 11.1. The van der Waals surface area contributed by atoms with Crippen LogP contribution >= 0.6 is 11.8 Å². The quantitative estimate of drug-likeness (QED) is 0.491. The fraction of sp³-hybridized carbons (Fsp3) is 0.231. The van der Waals surface area contributed by atoms with E-state index in [1.807, 2.05) is 24.3 Å². The topological polar surface area (TPSA) is 63.8 Å². The Bertz CT molecular complexity index is 479. The van der Waals surface area contributed by atoms with Crippen molar-refractivity contribution in [2.75, 3.05) is 5.43 Å². The van der Waals surface area contributed by atoms with E-state index in [-0.39, 0.29) is 0 Å². The highest BCUT2D eigenvalue weighted by molar-refractivity contribution is 7.98. The van der Waals surface area contributed by atoms with E-state index >= 15 is 0 Å². The van der Waals surface area contributed by atoms with Gasteiger partial charge in [-0.3, -0.25) is 0 Å². The number of hydrogen-bond donors (Lipinski definition) is 2. The first-order valence-electron chi connectivity index (χ1n) is 5.83. The Kier molecular flexibility index (Phi) is 4.55. The third-order valence-electron chi connectivity index (χ3n) is 2.45. The van der Waals surface area contributed by atoms with E-state index in [0.717, 1.165) is 23.7 Å². The number of thioether (sulfide) groups is 1. The standard InChI is InChI=1S/C13H16N4S/c1-2-10-8-12(17-14)16-13(15-10)9-18-11-6-4-3-5-7-11/h3-8H,2,9,14H2,1H3,(H,15,16,17). The van der Waals surface area contributed by atoms with Gasteiger partial charge >= 0.3 is 0 Å². The maximum absolute atomic E-state index is 5.40. The molecule has 18 heavy (non-hydrogen) atoms. The molecule has 0 aliphatic rings. The third kappa shape index (κ3) is 3.45. The van der Waals surface area contributed by atoms with Crippen LogP contribution in [0.1, 0.15) is 18.4 Å². The molecule has 0 spiro atoms. The smallest absolute Gasteiger partial charge is 0.143 e. The summed E-state index contributed by atoms with van der Waals surface area (Å²) in [4.78, 5) is 10.0. The maximum Gasteiger partial charge on any atom is 0.143 e. The normalized spacial score (nSPS) is 10.3. The van der Waals surface area contributed by atoms with Crippen LogP contribution < -0.4 is 11.3 Å². The number of nitrogens with one attached hydrogen (secondary N) is 1. The largest absolute Gasteiger partial charge is 0.308 e. The molecule has 0 unspecified atom stereocenters. The van der Waals surface area contributed by atoms with E-state index in [2.05, 4.69) is 34.5 Å². The molecule has 2 rings (SSSR count). The number of nitrogens with zero attached hydrogens (tertiary/aromatic N) is 2. The number of rotatable bonds is 5. The minimum Gasteiger partial charge on any atom is -0.308 e. The average molecular weight is 260 g/mol. The van der Waals surface area contributed by atoms with Gasteiger partial charge in [-0.15, -0.1) is 11.8 Å². The van der Waals surface area contributed by atoms with Gasteiger partial charge in [0.05, 0.1) is 5.75 Å². The highest BCUT2D eigenvalue weighted by atomic mass is 32.2. The summed E-state index contributed by atoms with van der Waals surface area (Å²) in [5.74, 6) is 7.62. The van der Waals surface area contributed by atoms with Gasteiger partial charge in [-0.1, -0.05) is 25.1 Å². The van der Waals surface area contributed by atoms with Crippen molar-refractivity contribution in [1.29, 1.82) is 0 Å². The van der Waals surface area contributed by atoms with Crippen molar-refractivity contribution in [2.24, 2.45) is 5.84 Å². The summed E-state index contributed by atoms with van der Waals surface area (Å²) in [6, 6.07) is 12.1. The molecular formula is C13H16N4S. The summed E-state index contributed by atoms with van der Waals surface area (Å²) in [5.41, 5.74) is 3.58. The monoisotopic (exact) mass is 260 g/mol. The molecule has 3 N–H and O–H groups in total. The van der Waals surface area contributed by atoms with Crippen LogP contribution in [0.15, 0.2) is 41.3 Å². The van der Waals surface area contributed by atoms with Crippen LogP contribution in [0.25, 0.3) is 0 Å². The van der Waals surface area contributed by atoms with Gasteiger partial charge in [0.25, 0.3) is 0 Å². The molecule has 0 amide bonds. The van der Waals surface area contributed by atoms with Crippen LogP contribution in [-0.4, -0.2) is 9.97 Å². The first-order chi connectivity index (χ1) is 8.81. The Labute approximate surface area is 111 Å². The van der Waals surface area contributed by atoms with Crippen molar-refractivity contribution in [1.82, 2.24) is 9.97 Å². The van der Waals surface area contributed by atoms with Crippen molar-refractivity contribution in [3.63, 3.8) is 0 Å². The second-order valence-electron chi connectivity index (χ2n) is 3.76. The predicted molar refractivity (Wildman–Crippen MR) is 75.2 cm³/mol. The minimum absolute atomic E-state index is 0.672. The summed E-state index contributed by atoms with van der Waals surface area (Å²) in [7, 11) is 0. The Balaban J connectivity index is 2.09. The first kappa shape index (κ1) is 12.9. The van der Waals surface area contributed by atoms with E-state index in [1.54, 1.807) is 11.8 Å². The number of nitrogens with two attached hydrogens (primary N) is 1. The molecule has 0 bridgehead atoms. The fourth-order valence-electron chi connectivity index (χ4n) is 1.54. The van der Waals surface area contributed by atoms with Gasteiger partial charge in [0, 0.05) is 16.7 Å². The highest BCUT2D eigenvalue weighted by Gasteiger charge is 2.03. The Hall–Kier alpha value is -1.59. The maximum atomic E-state index is 5.40. The van der Waals surface area contributed by atoms with E-state index in [1.165, 1.54) is 4.90 Å². The van der Waals surface area contributed by atoms with Crippen molar-refractivity contribution >= 4 is 17.6 Å². The minimum atomic E-state index is 0.672. The second kappa shape index (κ2) is 6.37. The molecule has 5 heteroatoms. The lowest BCUT2D eigenvalue weighted by molar-refractivity contribution is 0.938. The molecule has 4 nitrogen and oxygen atoms in total. The van der Waals surface area contributed by atoms with Gasteiger partial charge < -0.3 is 5.43 Å². The summed E-state index contributed by atoms with van der Waals surface area (Å²) >= 11 is 1.72. The average Bonchev–Trinajstić information content (AvgIpc) is 2.45. The lowest BCUT2D eigenvalue weighted by Gasteiger charge is -2.06. The van der Waals surface area contributed by atoms with Crippen LogP contribution in [0.2, 0.25) is 0 Å². The SMILES string of the molecule is CCc1cc(NN)nc(CSc2ccccc2)n1. The Morgan fingerprint density at radius 3 is 2.67 bits per heavy atom. The zero-order chi connectivity index (χ0) is 12.8. The van der Waals surface area contributed by atoms with Crippen LogP contribution in [0.3, 0.4) is 0 Å². The molecule has 1 heterocycles. The summed E-state index contributed by atoms with van der Waals surface area (Å²) in [6.07, 6.45) is 0.875. The molecule has 1 aromatic heterocycles. The van der Waals surface area contributed by atoms with E-state index in [0.29, 0.717) is 5.82 Å². The first-order valence-corrected chi connectivity index (χ1v) is 6.81. The number of aryl methyl sites for hydroxylation is 1. The zero-order valence-electron chi connectivity index (χ0n) is 10.3. The summed E-state index contributed by atoms with van der Waals surface area (Å²) in [5, 5.41) is 0. The third-order valence-corrected chi connectivity index (χ3v) is 3.45. The number of benzene rings is 1. The van der Waals surface area contributed by atoms with Gasteiger partial charge in [0.2, 0.25) is 0 Å². The molecule has 0 atom stereocenters. The molecular weight excluding hydrogens is 244 g/mol. The fourth-order valence-corrected chi connectivity index (χ4v) is 2.31. The predicted octanol–water partition coefficient (Wildman–Crippen LogP) is 2.62. The Morgan fingerprint density at radius 1 is 1.22 bits per heavy atom. The summed E-state index contributed by atoms with van der Waals surface area (Å²) in [6.45, 7) is 2.07. The molecule has 94 valence electrons. The van der Waals surface area contributed by atoms with E-state index < -0.39 is 0 Å². The Morgan fingerprint density at radius 2 is 2.00 bits per heavy atom. The molecule has 1 aromatic carbocycles. The highest BCUT2D eigenvalue weighted by Crippen LogP contribution is 2.21. The van der Waals surface area contributed by atoms with E-state index in [4.69, 9.17) is 5.84 Å². The molecule has 0 radical (unpaired) electrons. The number of aromatic nitrogens is 2. The van der Waals surface area contributed by atoms with Crippen LogP contribution in [-0.2, 0) is 12.2 Å². The number of hydrazine groups is 1. The van der Waals surface area contributed by atoms with Crippen molar-refractivity contribution in [2.45, 2.75) is 24.0 Å². The number of anilines is 1. The number of hydrogen-bond acceptors (Lipinski definition) is 5. The van der Waals surface area contributed by atoms with Gasteiger partial charge in [0.15, 0.2) is 0 Å². The van der Waals surface area contributed by atoms with Crippen molar-refractivity contribution < 1.29 is 0 Å². The molecule has 0 saturated carbocycles. The molecule has 0 fully saturated rings. The van der Waals surface area contributed by atoms with Crippen LogP contribution in [0.4, 0.5) is 5.82 Å². The van der Waals surface area contributed by atoms with Gasteiger partial charge in [-0.25, -0.2) is 15.8 Å². The van der Waals surface area contributed by atoms with Crippen LogP contribution in [0.5, 0.6) is 0 Å². The van der Waals surface area contributed by atoms with Gasteiger partial charge in [-0.05, 0) is 18.6 Å². The molecule has 0 saturated heterocycles. The van der Waals surface area contributed by atoms with Gasteiger partial charge in [-0.2, -0.15) is 0 Å². The lowest BCUT2D eigenvalue weighted by atomic mass is 10.3. The second-order valence-corrected chi connectivity index (χ2v) is 4.81. The molecule has 0 aliphatic heterocycles. The van der Waals surface area contributed by atoms with Crippen molar-refractivity contribution in [3.05, 3.63) is 47.9 Å². The molecule has 0 aliphatic carbocycles. The van der Waals surface area contributed by atoms with Gasteiger partial charge in [0.1, 0.15) is 11.6 Å². The lowest BCUT2D eigenvalue weighted by Crippen LogP contribution is -2.11. The summed E-state index contributed by atoms with van der Waals surface area (Å²) < 4.78 is 0. The van der Waals surface area contributed by atoms with Crippen LogP contribution in [0, 0.1) is 0 Å². The molecule has 2 aromatic rings.